The molecule has 7 nitrogen and oxygen atoms in total. The zero-order valence-electron chi connectivity index (χ0n) is 10.5. The maximum atomic E-state index is 11.3. The molecule has 0 radical (unpaired) electrons. The number of benzene rings is 1. The van der Waals surface area contributed by atoms with Crippen LogP contribution in [0, 0.1) is 11.3 Å². The number of amides is 1. The Hall–Kier alpha value is -2.46. The van der Waals surface area contributed by atoms with E-state index in [2.05, 4.69) is 5.32 Å². The van der Waals surface area contributed by atoms with Crippen LogP contribution in [0.15, 0.2) is 12.1 Å². The van der Waals surface area contributed by atoms with Crippen molar-refractivity contribution in [3.8, 4) is 17.6 Å². The molecule has 0 fully saturated rings. The summed E-state index contributed by atoms with van der Waals surface area (Å²) in [4.78, 5) is 22.4. The highest BCUT2D eigenvalue weighted by atomic mass is 35.5. The van der Waals surface area contributed by atoms with Gasteiger partial charge in [0.2, 0.25) is 0 Å². The highest BCUT2D eigenvalue weighted by molar-refractivity contribution is 6.31. The van der Waals surface area contributed by atoms with Crippen LogP contribution in [0.1, 0.15) is 10.4 Å². The van der Waals surface area contributed by atoms with E-state index in [4.69, 9.17) is 31.4 Å². The van der Waals surface area contributed by atoms with Crippen LogP contribution >= 0.6 is 11.6 Å². The van der Waals surface area contributed by atoms with E-state index in [1.807, 2.05) is 0 Å². The van der Waals surface area contributed by atoms with Crippen LogP contribution in [0.4, 0.5) is 0 Å². The standard InChI is InChI=1S/C12H11ClN2O5/c1-19-9-5-7(13)4-8(12(17)18)11(9)20-6-10(16)15-3-2-14/h4-5H,3,6H2,1H3,(H,15,16)(H,17,18). The van der Waals surface area contributed by atoms with Crippen LogP contribution in [-0.2, 0) is 4.79 Å². The molecule has 0 aliphatic carbocycles. The van der Waals surface area contributed by atoms with Gasteiger partial charge in [-0.05, 0) is 6.07 Å². The first-order valence-corrected chi connectivity index (χ1v) is 5.74. The summed E-state index contributed by atoms with van der Waals surface area (Å²) in [6.07, 6.45) is 0. The quantitative estimate of drug-likeness (QED) is 0.760. The maximum Gasteiger partial charge on any atom is 0.339 e. The molecule has 1 rings (SSSR count). The number of nitriles is 1. The van der Waals surface area contributed by atoms with Crippen molar-refractivity contribution >= 4 is 23.5 Å². The number of carbonyl (C=O) groups is 2. The Bertz CT molecular complexity index is 568. The average molecular weight is 299 g/mol. The number of nitrogens with zero attached hydrogens (tertiary/aromatic N) is 1. The Balaban J connectivity index is 2.95. The molecule has 106 valence electrons. The van der Waals surface area contributed by atoms with Gasteiger partial charge < -0.3 is 19.9 Å². The van der Waals surface area contributed by atoms with Gasteiger partial charge in [0.15, 0.2) is 18.1 Å². The number of ether oxygens (including phenoxy) is 2. The normalized spacial score (nSPS) is 9.45. The molecule has 0 aliphatic heterocycles. The van der Waals surface area contributed by atoms with Crippen molar-refractivity contribution in [2.45, 2.75) is 0 Å². The summed E-state index contributed by atoms with van der Waals surface area (Å²) >= 11 is 5.76. The molecular weight excluding hydrogens is 288 g/mol. The molecule has 2 N–H and O–H groups in total. The minimum Gasteiger partial charge on any atom is -0.493 e. The lowest BCUT2D eigenvalue weighted by molar-refractivity contribution is -0.122. The van der Waals surface area contributed by atoms with Gasteiger partial charge >= 0.3 is 5.97 Å². The summed E-state index contributed by atoms with van der Waals surface area (Å²) in [6, 6.07) is 4.29. The second kappa shape index (κ2) is 7.21. The van der Waals surface area contributed by atoms with Gasteiger partial charge in [0, 0.05) is 11.1 Å². The molecule has 8 heteroatoms. The summed E-state index contributed by atoms with van der Waals surface area (Å²) in [7, 11) is 1.32. The van der Waals surface area contributed by atoms with Gasteiger partial charge in [0.25, 0.3) is 5.91 Å². The summed E-state index contributed by atoms with van der Waals surface area (Å²) in [5.74, 6) is -1.82. The Morgan fingerprint density at radius 2 is 2.20 bits per heavy atom. The molecule has 1 amide bonds. The molecule has 1 aromatic rings. The molecule has 0 atom stereocenters. The Labute approximate surface area is 119 Å². The third kappa shape index (κ3) is 4.03. The van der Waals surface area contributed by atoms with E-state index in [9.17, 15) is 9.59 Å². The van der Waals surface area contributed by atoms with E-state index in [0.717, 1.165) is 0 Å². The highest BCUT2D eigenvalue weighted by Crippen LogP contribution is 2.34. The number of carboxylic acids is 1. The number of rotatable bonds is 6. The summed E-state index contributed by atoms with van der Waals surface area (Å²) in [6.45, 7) is -0.605. The van der Waals surface area contributed by atoms with Crippen molar-refractivity contribution in [2.75, 3.05) is 20.3 Å². The van der Waals surface area contributed by atoms with Crippen LogP contribution in [0.25, 0.3) is 0 Å². The maximum absolute atomic E-state index is 11.3. The van der Waals surface area contributed by atoms with Crippen molar-refractivity contribution in [3.63, 3.8) is 0 Å². The number of nitrogens with one attached hydrogen (secondary N) is 1. The smallest absolute Gasteiger partial charge is 0.339 e. The van der Waals surface area contributed by atoms with Gasteiger partial charge in [0.05, 0.1) is 13.2 Å². The SMILES string of the molecule is COc1cc(Cl)cc(C(=O)O)c1OCC(=O)NCC#N. The lowest BCUT2D eigenvalue weighted by Gasteiger charge is -2.13. The largest absolute Gasteiger partial charge is 0.493 e. The zero-order valence-corrected chi connectivity index (χ0v) is 11.2. The van der Waals surface area contributed by atoms with Crippen molar-refractivity contribution in [2.24, 2.45) is 0 Å². The summed E-state index contributed by atoms with van der Waals surface area (Å²) in [5.41, 5.74) is -0.220. The Kier molecular flexibility index (Phi) is 5.62. The van der Waals surface area contributed by atoms with E-state index in [0.29, 0.717) is 0 Å². The molecule has 0 saturated heterocycles. The van der Waals surface area contributed by atoms with Gasteiger partial charge in [-0.3, -0.25) is 4.79 Å². The van der Waals surface area contributed by atoms with Gasteiger partial charge in [-0.15, -0.1) is 0 Å². The zero-order chi connectivity index (χ0) is 15.1. The minimum atomic E-state index is -1.27. The summed E-state index contributed by atoms with van der Waals surface area (Å²) < 4.78 is 10.1. The van der Waals surface area contributed by atoms with E-state index in [1.165, 1.54) is 19.2 Å². The van der Waals surface area contributed by atoms with Crippen LogP contribution in [0.5, 0.6) is 11.5 Å². The van der Waals surface area contributed by atoms with E-state index >= 15 is 0 Å². The number of halogens is 1. The van der Waals surface area contributed by atoms with Gasteiger partial charge in [-0.1, -0.05) is 11.6 Å². The van der Waals surface area contributed by atoms with E-state index < -0.39 is 18.5 Å². The highest BCUT2D eigenvalue weighted by Gasteiger charge is 2.19. The number of methoxy groups -OCH3 is 1. The minimum absolute atomic E-state index is 0.1000. The molecule has 20 heavy (non-hydrogen) atoms. The fraction of sp³-hybridized carbons (Fsp3) is 0.250. The number of carbonyl (C=O) groups excluding carboxylic acids is 1. The average Bonchev–Trinajstić information content (AvgIpc) is 2.42. The monoisotopic (exact) mass is 298 g/mol. The Morgan fingerprint density at radius 3 is 2.75 bits per heavy atom. The first-order valence-electron chi connectivity index (χ1n) is 5.36. The molecule has 0 heterocycles. The fourth-order valence-electron chi connectivity index (χ4n) is 1.35. The Morgan fingerprint density at radius 1 is 1.50 bits per heavy atom. The molecule has 0 saturated carbocycles. The number of hydrogen-bond donors (Lipinski definition) is 2. The third-order valence-corrected chi connectivity index (χ3v) is 2.40. The van der Waals surface area contributed by atoms with E-state index in [-0.39, 0.29) is 28.6 Å². The number of aromatic carboxylic acids is 1. The van der Waals surface area contributed by atoms with Crippen molar-refractivity contribution in [1.82, 2.24) is 5.32 Å². The number of hydrogen-bond acceptors (Lipinski definition) is 5. The van der Waals surface area contributed by atoms with E-state index in [1.54, 1.807) is 6.07 Å². The predicted octanol–water partition coefficient (Wildman–Crippen LogP) is 1.07. The second-order valence-corrected chi connectivity index (χ2v) is 3.95. The molecular formula is C12H11ClN2O5. The van der Waals surface area contributed by atoms with Crippen LogP contribution in [0.3, 0.4) is 0 Å². The predicted molar refractivity (Wildman–Crippen MR) is 69.1 cm³/mol. The lowest BCUT2D eigenvalue weighted by Crippen LogP contribution is -2.29. The second-order valence-electron chi connectivity index (χ2n) is 3.51. The summed E-state index contributed by atoms with van der Waals surface area (Å²) in [5, 5.41) is 19.8. The third-order valence-electron chi connectivity index (χ3n) is 2.18. The van der Waals surface area contributed by atoms with Gasteiger partial charge in [0.1, 0.15) is 12.1 Å². The molecule has 0 unspecified atom stereocenters. The van der Waals surface area contributed by atoms with Crippen LogP contribution < -0.4 is 14.8 Å². The van der Waals surface area contributed by atoms with Crippen molar-refractivity contribution in [1.29, 1.82) is 5.26 Å². The van der Waals surface area contributed by atoms with Crippen LogP contribution in [0.2, 0.25) is 5.02 Å². The van der Waals surface area contributed by atoms with Gasteiger partial charge in [-0.25, -0.2) is 4.79 Å². The van der Waals surface area contributed by atoms with Gasteiger partial charge in [-0.2, -0.15) is 5.26 Å². The molecule has 0 aliphatic rings. The van der Waals surface area contributed by atoms with Crippen molar-refractivity contribution < 1.29 is 24.2 Å². The fourth-order valence-corrected chi connectivity index (χ4v) is 1.56. The molecule has 1 aromatic carbocycles. The first kappa shape index (κ1) is 15.6. The lowest BCUT2D eigenvalue weighted by atomic mass is 10.2. The topological polar surface area (TPSA) is 109 Å². The van der Waals surface area contributed by atoms with Crippen LogP contribution in [-0.4, -0.2) is 37.2 Å². The number of carboxylic acid groups (broad SMARTS) is 1. The van der Waals surface area contributed by atoms with Crippen molar-refractivity contribution in [3.05, 3.63) is 22.7 Å². The first-order chi connectivity index (χ1) is 9.49. The molecule has 0 spiro atoms. The molecule has 0 aromatic heterocycles. The molecule has 0 bridgehead atoms.